The minimum absolute atomic E-state index is 0. The van der Waals surface area contributed by atoms with Crippen LogP contribution in [-0.4, -0.2) is 4.98 Å². The van der Waals surface area contributed by atoms with Gasteiger partial charge in [0.2, 0.25) is 0 Å². The van der Waals surface area contributed by atoms with Crippen LogP contribution in [0.3, 0.4) is 0 Å². The Hall–Kier alpha value is -0.540. The molecule has 78 valence electrons. The molecule has 0 fully saturated rings. The number of pyridine rings is 1. The van der Waals surface area contributed by atoms with Crippen LogP contribution in [0.4, 0.5) is 0 Å². The fourth-order valence-electron chi connectivity index (χ4n) is 1.19. The van der Waals surface area contributed by atoms with Crippen molar-refractivity contribution in [2.45, 2.75) is 6.61 Å². The Kier molecular flexibility index (Phi) is 5.85. The summed E-state index contributed by atoms with van der Waals surface area (Å²) in [6, 6.07) is 13.5. The molecule has 0 saturated carbocycles. The summed E-state index contributed by atoms with van der Waals surface area (Å²) in [5, 5.41) is 0.474. The summed E-state index contributed by atoms with van der Waals surface area (Å²) < 4.78 is 5.53. The molecule has 0 atom stereocenters. The van der Waals surface area contributed by atoms with Gasteiger partial charge in [-0.3, -0.25) is 0 Å². The van der Waals surface area contributed by atoms with Crippen molar-refractivity contribution in [1.29, 1.82) is 0 Å². The maximum Gasteiger partial charge on any atom is 1.00 e. The van der Waals surface area contributed by atoms with Crippen LogP contribution in [0, 0.1) is 0 Å². The van der Waals surface area contributed by atoms with Gasteiger partial charge in [0.15, 0.2) is 0 Å². The molecule has 4 heteroatoms. The molecule has 0 radical (unpaired) electrons. The summed E-state index contributed by atoms with van der Waals surface area (Å²) >= 11 is 5.66. The number of aromatic nitrogens is 1. The summed E-state index contributed by atoms with van der Waals surface area (Å²) in [7, 11) is 0. The second-order valence-electron chi connectivity index (χ2n) is 3.09. The van der Waals surface area contributed by atoms with E-state index in [2.05, 4.69) is 4.98 Å². The molecule has 0 aliphatic rings. The molecular weight excluding hydrogens is 233 g/mol. The van der Waals surface area contributed by atoms with E-state index < -0.39 is 0 Å². The van der Waals surface area contributed by atoms with E-state index in [1.807, 2.05) is 30.3 Å². The zero-order chi connectivity index (χ0) is 10.5. The molecule has 0 amide bonds. The van der Waals surface area contributed by atoms with Gasteiger partial charge in [0.25, 0.3) is 0 Å². The number of halogens is 1. The van der Waals surface area contributed by atoms with Crippen LogP contribution >= 0.6 is 11.6 Å². The second-order valence-corrected chi connectivity index (χ2v) is 3.48. The van der Waals surface area contributed by atoms with E-state index in [0.29, 0.717) is 11.8 Å². The second kappa shape index (κ2) is 6.92. The monoisotopic (exact) mass is 243 g/mol. The Bertz CT molecular complexity index is 424. The van der Waals surface area contributed by atoms with Crippen LogP contribution in [0.15, 0.2) is 48.7 Å². The average Bonchev–Trinajstić information content (AvgIpc) is 2.30. The van der Waals surface area contributed by atoms with Crippen LogP contribution in [0.1, 0.15) is 6.99 Å². The quantitative estimate of drug-likeness (QED) is 0.576. The van der Waals surface area contributed by atoms with Crippen molar-refractivity contribution in [3.63, 3.8) is 0 Å². The smallest absolute Gasteiger partial charge is 1.00 e. The number of nitrogens with zero attached hydrogens (tertiary/aromatic N) is 1. The zero-order valence-corrected chi connectivity index (χ0v) is 11.8. The largest absolute Gasteiger partial charge is 1.00 e. The molecule has 16 heavy (non-hydrogen) atoms. The summed E-state index contributed by atoms with van der Waals surface area (Å²) in [5.74, 6) is 0.725. The predicted molar refractivity (Wildman–Crippen MR) is 61.1 cm³/mol. The Labute approximate surface area is 123 Å². The molecule has 0 unspecified atom stereocenters. The van der Waals surface area contributed by atoms with Gasteiger partial charge in [-0.05, 0) is 17.7 Å². The molecule has 2 aromatic rings. The first-order chi connectivity index (χ1) is 7.34. The molecule has 0 spiro atoms. The van der Waals surface area contributed by atoms with Gasteiger partial charge in [0.1, 0.15) is 17.5 Å². The Morgan fingerprint density at radius 2 is 1.88 bits per heavy atom. The van der Waals surface area contributed by atoms with Gasteiger partial charge >= 0.3 is 29.6 Å². The third-order valence-corrected chi connectivity index (χ3v) is 2.17. The van der Waals surface area contributed by atoms with E-state index in [1.165, 1.54) is 0 Å². The molecule has 1 heterocycles. The molecule has 0 saturated heterocycles. The third-order valence-electron chi connectivity index (χ3n) is 1.95. The number of hydrogen-bond acceptors (Lipinski definition) is 2. The third kappa shape index (κ3) is 4.14. The number of benzene rings is 1. The maximum absolute atomic E-state index is 5.66. The summed E-state index contributed by atoms with van der Waals surface area (Å²) in [4.78, 5) is 3.93. The van der Waals surface area contributed by atoms with Gasteiger partial charge in [-0.2, -0.15) is 0 Å². The molecule has 0 aliphatic heterocycles. The first-order valence-corrected chi connectivity index (χ1v) is 5.01. The van der Waals surface area contributed by atoms with E-state index in [9.17, 15) is 0 Å². The van der Waals surface area contributed by atoms with Crippen LogP contribution < -0.4 is 34.3 Å². The van der Waals surface area contributed by atoms with Gasteiger partial charge in [-0.15, -0.1) is 0 Å². The first kappa shape index (κ1) is 13.5. The number of ether oxygens (including phenoxy) is 1. The fourth-order valence-corrected chi connectivity index (χ4v) is 1.30. The molecule has 2 rings (SSSR count). The van der Waals surface area contributed by atoms with Crippen LogP contribution in [0.2, 0.25) is 5.15 Å². The van der Waals surface area contributed by atoms with Crippen molar-refractivity contribution in [3.8, 4) is 5.75 Å². The standard InChI is InChI=1S/C12H10ClNO.Na.H/c13-12-7-6-11(8-14-12)15-9-10-4-2-1-3-5-10;;/h1-8H,9H2;;/q;+1;-1. The van der Waals surface area contributed by atoms with Crippen molar-refractivity contribution >= 4 is 11.6 Å². The van der Waals surface area contributed by atoms with E-state index in [-0.39, 0.29) is 31.0 Å². The minimum Gasteiger partial charge on any atom is -1.00 e. The molecule has 1 aromatic heterocycles. The maximum atomic E-state index is 5.66. The van der Waals surface area contributed by atoms with Crippen molar-refractivity contribution in [1.82, 2.24) is 4.98 Å². The van der Waals surface area contributed by atoms with Gasteiger partial charge in [0.05, 0.1) is 6.20 Å². The molecule has 0 aliphatic carbocycles. The van der Waals surface area contributed by atoms with Gasteiger partial charge < -0.3 is 6.16 Å². The van der Waals surface area contributed by atoms with Gasteiger partial charge in [-0.1, -0.05) is 41.9 Å². The average molecular weight is 244 g/mol. The number of rotatable bonds is 3. The fraction of sp³-hybridized carbons (Fsp3) is 0.0833. The van der Waals surface area contributed by atoms with E-state index >= 15 is 0 Å². The molecular formula is C12H11ClNNaO. The topological polar surface area (TPSA) is 22.1 Å². The summed E-state index contributed by atoms with van der Waals surface area (Å²) in [6.07, 6.45) is 1.62. The minimum atomic E-state index is 0. The molecule has 0 bridgehead atoms. The van der Waals surface area contributed by atoms with Crippen molar-refractivity contribution in [3.05, 3.63) is 59.4 Å². The van der Waals surface area contributed by atoms with Gasteiger partial charge in [0, 0.05) is 0 Å². The Morgan fingerprint density at radius 1 is 1.12 bits per heavy atom. The van der Waals surface area contributed by atoms with Crippen molar-refractivity contribution in [2.24, 2.45) is 0 Å². The van der Waals surface area contributed by atoms with Crippen LogP contribution in [-0.2, 0) is 6.61 Å². The van der Waals surface area contributed by atoms with Crippen molar-refractivity contribution < 1.29 is 35.7 Å². The number of hydrogen-bond donors (Lipinski definition) is 0. The molecule has 0 N–H and O–H groups in total. The molecule has 2 nitrogen and oxygen atoms in total. The normalized spacial score (nSPS) is 9.31. The predicted octanol–water partition coefficient (Wildman–Crippen LogP) is 0.430. The van der Waals surface area contributed by atoms with Crippen LogP contribution in [0.5, 0.6) is 5.75 Å². The summed E-state index contributed by atoms with van der Waals surface area (Å²) in [5.41, 5.74) is 1.13. The SMILES string of the molecule is Clc1ccc(OCc2ccccc2)cn1.[H-].[Na+]. The van der Waals surface area contributed by atoms with Gasteiger partial charge in [-0.25, -0.2) is 4.98 Å². The van der Waals surface area contributed by atoms with E-state index in [1.54, 1.807) is 18.3 Å². The first-order valence-electron chi connectivity index (χ1n) is 4.63. The molecule has 1 aromatic carbocycles. The van der Waals surface area contributed by atoms with Crippen LogP contribution in [0.25, 0.3) is 0 Å². The van der Waals surface area contributed by atoms with Crippen molar-refractivity contribution in [2.75, 3.05) is 0 Å². The van der Waals surface area contributed by atoms with E-state index in [4.69, 9.17) is 16.3 Å². The Morgan fingerprint density at radius 3 is 2.50 bits per heavy atom. The zero-order valence-electron chi connectivity index (χ0n) is 10.1. The van der Waals surface area contributed by atoms with E-state index in [0.717, 1.165) is 11.3 Å². The summed E-state index contributed by atoms with van der Waals surface area (Å²) in [6.45, 7) is 0.546. The Balaban J connectivity index is 0.00000128.